The van der Waals surface area contributed by atoms with Gasteiger partial charge in [-0.15, -0.1) is 11.3 Å². The van der Waals surface area contributed by atoms with Crippen LogP contribution in [0, 0.1) is 11.6 Å². The molecule has 1 aliphatic heterocycles. The summed E-state index contributed by atoms with van der Waals surface area (Å²) >= 11 is 1.54. The molecule has 0 unspecified atom stereocenters. The standard InChI is InChI=1S/C14H15F2N3O2S2/c15-10-1-2-13(12(16)9-10)23(20,21)18-11-3-6-19(7-4-11)14-17-5-8-22-14/h1-2,5,8-9,11,18H,3-4,6-7H2. The van der Waals surface area contributed by atoms with E-state index in [1.165, 1.54) is 11.3 Å². The molecule has 0 spiro atoms. The lowest BCUT2D eigenvalue weighted by atomic mass is 10.1. The minimum atomic E-state index is -4.00. The van der Waals surface area contributed by atoms with E-state index < -0.39 is 26.6 Å². The van der Waals surface area contributed by atoms with E-state index in [0.717, 1.165) is 17.3 Å². The van der Waals surface area contributed by atoms with Gasteiger partial charge in [0.05, 0.1) is 0 Å². The van der Waals surface area contributed by atoms with Crippen LogP contribution in [0.25, 0.3) is 0 Å². The lowest BCUT2D eigenvalue weighted by Crippen LogP contribution is -2.44. The van der Waals surface area contributed by atoms with Crippen LogP contribution in [-0.2, 0) is 10.0 Å². The Morgan fingerprint density at radius 2 is 2.00 bits per heavy atom. The van der Waals surface area contributed by atoms with Crippen LogP contribution < -0.4 is 9.62 Å². The van der Waals surface area contributed by atoms with Crippen LogP contribution in [0.4, 0.5) is 13.9 Å². The zero-order valence-electron chi connectivity index (χ0n) is 12.1. The van der Waals surface area contributed by atoms with E-state index in [1.807, 2.05) is 5.38 Å². The number of hydrogen-bond acceptors (Lipinski definition) is 5. The number of benzene rings is 1. The molecule has 1 fully saturated rings. The second-order valence-corrected chi connectivity index (χ2v) is 7.83. The highest BCUT2D eigenvalue weighted by Gasteiger charge is 2.27. The van der Waals surface area contributed by atoms with Gasteiger partial charge in [-0.3, -0.25) is 0 Å². The Kier molecular flexibility index (Phi) is 4.60. The average molecular weight is 359 g/mol. The number of anilines is 1. The van der Waals surface area contributed by atoms with Crippen LogP contribution in [-0.4, -0.2) is 32.5 Å². The van der Waals surface area contributed by atoms with Crippen LogP contribution in [0.15, 0.2) is 34.7 Å². The van der Waals surface area contributed by atoms with E-state index in [0.29, 0.717) is 32.0 Å². The molecule has 3 rings (SSSR count). The SMILES string of the molecule is O=S(=O)(NC1CCN(c2nccs2)CC1)c1ccc(F)cc1F. The molecule has 124 valence electrons. The fourth-order valence-electron chi connectivity index (χ4n) is 2.54. The van der Waals surface area contributed by atoms with Crippen LogP contribution in [0.5, 0.6) is 0 Å². The highest BCUT2D eigenvalue weighted by Crippen LogP contribution is 2.23. The van der Waals surface area contributed by atoms with E-state index in [2.05, 4.69) is 14.6 Å². The summed E-state index contributed by atoms with van der Waals surface area (Å²) in [7, 11) is -4.00. The number of rotatable bonds is 4. The second kappa shape index (κ2) is 6.50. The van der Waals surface area contributed by atoms with Crippen LogP contribution in [0.1, 0.15) is 12.8 Å². The highest BCUT2D eigenvalue weighted by molar-refractivity contribution is 7.89. The van der Waals surface area contributed by atoms with E-state index in [4.69, 9.17) is 0 Å². The first-order valence-electron chi connectivity index (χ1n) is 7.07. The Hall–Kier alpha value is -1.58. The topological polar surface area (TPSA) is 62.3 Å². The average Bonchev–Trinajstić information content (AvgIpc) is 3.01. The molecule has 0 atom stereocenters. The number of aromatic nitrogens is 1. The second-order valence-electron chi connectivity index (χ2n) is 5.27. The van der Waals surface area contributed by atoms with Crippen molar-refractivity contribution in [2.24, 2.45) is 0 Å². The molecule has 2 aromatic rings. The molecular weight excluding hydrogens is 344 g/mol. The maximum absolute atomic E-state index is 13.7. The molecule has 23 heavy (non-hydrogen) atoms. The highest BCUT2D eigenvalue weighted by atomic mass is 32.2. The Bertz CT molecular complexity index is 773. The van der Waals surface area contributed by atoms with Crippen molar-refractivity contribution in [2.45, 2.75) is 23.8 Å². The molecule has 5 nitrogen and oxygen atoms in total. The zero-order chi connectivity index (χ0) is 16.4. The Morgan fingerprint density at radius 1 is 1.26 bits per heavy atom. The maximum Gasteiger partial charge on any atom is 0.243 e. The molecule has 9 heteroatoms. The summed E-state index contributed by atoms with van der Waals surface area (Å²) in [6.07, 6.45) is 2.93. The van der Waals surface area contributed by atoms with Crippen molar-refractivity contribution >= 4 is 26.5 Å². The Morgan fingerprint density at radius 3 is 2.61 bits per heavy atom. The normalized spacial score (nSPS) is 16.7. The van der Waals surface area contributed by atoms with E-state index >= 15 is 0 Å². The fourth-order valence-corrected chi connectivity index (χ4v) is 4.60. The number of nitrogens with zero attached hydrogens (tertiary/aromatic N) is 2. The number of halogens is 2. The zero-order valence-corrected chi connectivity index (χ0v) is 13.7. The first kappa shape index (κ1) is 16.3. The molecule has 1 N–H and O–H groups in total. The third-order valence-corrected chi connectivity index (χ3v) is 6.08. The number of thiazole rings is 1. The summed E-state index contributed by atoms with van der Waals surface area (Å²) < 4.78 is 53.6. The van der Waals surface area contributed by atoms with Crippen LogP contribution in [0.3, 0.4) is 0 Å². The van der Waals surface area contributed by atoms with Crippen molar-refractivity contribution in [3.8, 4) is 0 Å². The monoisotopic (exact) mass is 359 g/mol. The largest absolute Gasteiger partial charge is 0.348 e. The van der Waals surface area contributed by atoms with E-state index in [9.17, 15) is 17.2 Å². The number of nitrogens with one attached hydrogen (secondary N) is 1. The van der Waals surface area contributed by atoms with Gasteiger partial charge in [-0.25, -0.2) is 26.9 Å². The predicted octanol–water partition coefficient (Wildman–Crippen LogP) is 2.37. The molecule has 1 aliphatic rings. The molecule has 0 bridgehead atoms. The van der Waals surface area contributed by atoms with Gasteiger partial charge in [-0.1, -0.05) is 0 Å². The third kappa shape index (κ3) is 3.67. The van der Waals surface area contributed by atoms with Gasteiger partial charge < -0.3 is 4.90 Å². The first-order chi connectivity index (χ1) is 11.0. The quantitative estimate of drug-likeness (QED) is 0.910. The van der Waals surface area contributed by atoms with Gasteiger partial charge in [-0.2, -0.15) is 0 Å². The summed E-state index contributed by atoms with van der Waals surface area (Å²) in [4.78, 5) is 5.79. The minimum Gasteiger partial charge on any atom is -0.348 e. The molecule has 0 radical (unpaired) electrons. The third-order valence-electron chi connectivity index (χ3n) is 3.69. The predicted molar refractivity (Wildman–Crippen MR) is 84.0 cm³/mol. The van der Waals surface area contributed by atoms with Crippen molar-refractivity contribution in [1.82, 2.24) is 9.71 Å². The fraction of sp³-hybridized carbons (Fsp3) is 0.357. The molecule has 2 heterocycles. The number of hydrogen-bond donors (Lipinski definition) is 1. The summed E-state index contributed by atoms with van der Waals surface area (Å²) in [6, 6.07) is 2.17. The molecule has 1 saturated heterocycles. The van der Waals surface area contributed by atoms with Crippen LogP contribution in [0.2, 0.25) is 0 Å². The number of sulfonamides is 1. The Balaban J connectivity index is 1.65. The smallest absolute Gasteiger partial charge is 0.243 e. The molecule has 1 aromatic carbocycles. The van der Waals surface area contributed by atoms with Crippen molar-refractivity contribution in [1.29, 1.82) is 0 Å². The van der Waals surface area contributed by atoms with Crippen molar-refractivity contribution in [3.63, 3.8) is 0 Å². The summed E-state index contributed by atoms with van der Waals surface area (Å²) in [5.74, 6) is -1.89. The van der Waals surface area contributed by atoms with Crippen molar-refractivity contribution < 1.29 is 17.2 Å². The van der Waals surface area contributed by atoms with Gasteiger partial charge in [0, 0.05) is 36.8 Å². The lowest BCUT2D eigenvalue weighted by Gasteiger charge is -2.31. The van der Waals surface area contributed by atoms with Gasteiger partial charge in [0.25, 0.3) is 0 Å². The molecule has 1 aromatic heterocycles. The minimum absolute atomic E-state index is 0.277. The van der Waals surface area contributed by atoms with Gasteiger partial charge in [-0.05, 0) is 25.0 Å². The Labute approximate surface area is 137 Å². The molecule has 0 saturated carbocycles. The maximum atomic E-state index is 13.7. The van der Waals surface area contributed by atoms with E-state index in [-0.39, 0.29) is 6.04 Å². The first-order valence-corrected chi connectivity index (χ1v) is 9.44. The van der Waals surface area contributed by atoms with Gasteiger partial charge in [0.15, 0.2) is 5.13 Å². The molecular formula is C14H15F2N3O2S2. The van der Waals surface area contributed by atoms with Gasteiger partial charge >= 0.3 is 0 Å². The number of piperidine rings is 1. The summed E-state index contributed by atoms with van der Waals surface area (Å²) in [5, 5.41) is 2.80. The molecule has 0 aliphatic carbocycles. The summed E-state index contributed by atoms with van der Waals surface area (Å²) in [5.41, 5.74) is 0. The van der Waals surface area contributed by atoms with Crippen LogP contribution >= 0.6 is 11.3 Å². The van der Waals surface area contributed by atoms with Crippen molar-refractivity contribution in [2.75, 3.05) is 18.0 Å². The van der Waals surface area contributed by atoms with Crippen molar-refractivity contribution in [3.05, 3.63) is 41.4 Å². The molecule has 0 amide bonds. The lowest BCUT2D eigenvalue weighted by molar-refractivity contribution is 0.457. The van der Waals surface area contributed by atoms with E-state index in [1.54, 1.807) is 6.20 Å². The summed E-state index contributed by atoms with van der Waals surface area (Å²) in [6.45, 7) is 1.35. The van der Waals surface area contributed by atoms with Gasteiger partial charge in [0.2, 0.25) is 10.0 Å². The van der Waals surface area contributed by atoms with Gasteiger partial charge in [0.1, 0.15) is 16.5 Å².